The minimum atomic E-state index is -0.949. The van der Waals surface area contributed by atoms with E-state index in [1.54, 1.807) is 36.4 Å². The summed E-state index contributed by atoms with van der Waals surface area (Å²) in [6.45, 7) is 1.81. The molecular formula is C19H15N3O4. The van der Waals surface area contributed by atoms with Crippen LogP contribution in [0, 0.1) is 6.92 Å². The Morgan fingerprint density at radius 1 is 1.04 bits per heavy atom. The zero-order valence-corrected chi connectivity index (χ0v) is 13.9. The maximum atomic E-state index is 12.3. The number of rotatable bonds is 3. The number of carbonyl (C=O) groups excluding carboxylic acids is 2. The van der Waals surface area contributed by atoms with E-state index in [1.807, 2.05) is 19.1 Å². The number of hydrogen-bond donors (Lipinski definition) is 2. The van der Waals surface area contributed by atoms with Crippen molar-refractivity contribution >= 4 is 34.7 Å². The van der Waals surface area contributed by atoms with Crippen LogP contribution in [0.2, 0.25) is 0 Å². The molecule has 0 radical (unpaired) electrons. The fraction of sp³-hybridized carbons (Fsp3) is 0.0526. The molecule has 0 spiro atoms. The summed E-state index contributed by atoms with van der Waals surface area (Å²) in [7, 11) is 0. The Kier molecular flexibility index (Phi) is 4.89. The van der Waals surface area contributed by atoms with Crippen molar-refractivity contribution in [3.8, 4) is 0 Å². The SMILES string of the molecule is Cc1ccccc1NC(=O)C(=O)NN=Cc1coc2ccccc2c1=O. The Balaban J connectivity index is 1.67. The normalized spacial score (nSPS) is 10.8. The highest BCUT2D eigenvalue weighted by atomic mass is 16.3. The largest absolute Gasteiger partial charge is 0.463 e. The second-order valence-corrected chi connectivity index (χ2v) is 5.48. The molecule has 2 aromatic carbocycles. The van der Waals surface area contributed by atoms with Gasteiger partial charge in [-0.1, -0.05) is 30.3 Å². The van der Waals surface area contributed by atoms with E-state index in [0.29, 0.717) is 16.7 Å². The van der Waals surface area contributed by atoms with Crippen molar-refractivity contribution in [2.75, 3.05) is 5.32 Å². The molecule has 3 rings (SSSR count). The average molecular weight is 349 g/mol. The van der Waals surface area contributed by atoms with Crippen molar-refractivity contribution in [3.05, 3.63) is 76.1 Å². The monoisotopic (exact) mass is 349 g/mol. The molecule has 2 amide bonds. The van der Waals surface area contributed by atoms with E-state index in [2.05, 4.69) is 15.8 Å². The summed E-state index contributed by atoms with van der Waals surface area (Å²) < 4.78 is 5.34. The second kappa shape index (κ2) is 7.43. The van der Waals surface area contributed by atoms with Gasteiger partial charge in [-0.3, -0.25) is 14.4 Å². The van der Waals surface area contributed by atoms with Crippen LogP contribution >= 0.6 is 0 Å². The maximum Gasteiger partial charge on any atom is 0.329 e. The summed E-state index contributed by atoms with van der Waals surface area (Å²) in [5.74, 6) is -1.81. The van der Waals surface area contributed by atoms with E-state index >= 15 is 0 Å². The second-order valence-electron chi connectivity index (χ2n) is 5.48. The van der Waals surface area contributed by atoms with Crippen LogP contribution in [-0.4, -0.2) is 18.0 Å². The molecule has 0 saturated carbocycles. The van der Waals surface area contributed by atoms with Crippen molar-refractivity contribution in [2.45, 2.75) is 6.92 Å². The number of fused-ring (bicyclic) bond motifs is 1. The number of nitrogens with zero attached hydrogens (tertiary/aromatic N) is 1. The van der Waals surface area contributed by atoms with Crippen molar-refractivity contribution in [1.29, 1.82) is 0 Å². The van der Waals surface area contributed by atoms with Crippen molar-refractivity contribution in [3.63, 3.8) is 0 Å². The van der Waals surface area contributed by atoms with Gasteiger partial charge >= 0.3 is 11.8 Å². The molecule has 7 nitrogen and oxygen atoms in total. The summed E-state index contributed by atoms with van der Waals surface area (Å²) in [5.41, 5.74) is 3.77. The molecule has 0 aliphatic heterocycles. The zero-order valence-electron chi connectivity index (χ0n) is 13.9. The lowest BCUT2D eigenvalue weighted by Gasteiger charge is -2.06. The Bertz CT molecular complexity index is 1070. The van der Waals surface area contributed by atoms with Crippen LogP contribution in [-0.2, 0) is 9.59 Å². The molecule has 2 N–H and O–H groups in total. The maximum absolute atomic E-state index is 12.3. The third kappa shape index (κ3) is 3.67. The van der Waals surface area contributed by atoms with Gasteiger partial charge < -0.3 is 9.73 Å². The van der Waals surface area contributed by atoms with Gasteiger partial charge in [0.25, 0.3) is 0 Å². The summed E-state index contributed by atoms with van der Waals surface area (Å²) in [5, 5.41) is 6.54. The molecule has 0 saturated heterocycles. The minimum Gasteiger partial charge on any atom is -0.463 e. The van der Waals surface area contributed by atoms with Crippen LogP contribution in [0.25, 0.3) is 11.0 Å². The first-order valence-electron chi connectivity index (χ1n) is 7.77. The first-order valence-corrected chi connectivity index (χ1v) is 7.77. The Hall–Kier alpha value is -3.74. The smallest absolute Gasteiger partial charge is 0.329 e. The summed E-state index contributed by atoms with van der Waals surface area (Å²) >= 11 is 0. The number of anilines is 1. The number of amides is 2. The molecule has 7 heteroatoms. The van der Waals surface area contributed by atoms with Gasteiger partial charge in [-0.05, 0) is 30.7 Å². The van der Waals surface area contributed by atoms with Crippen molar-refractivity contribution < 1.29 is 14.0 Å². The third-order valence-electron chi connectivity index (χ3n) is 3.68. The predicted octanol–water partition coefficient (Wildman–Crippen LogP) is 2.19. The molecule has 0 aliphatic carbocycles. The van der Waals surface area contributed by atoms with E-state index in [4.69, 9.17) is 4.42 Å². The van der Waals surface area contributed by atoms with E-state index in [9.17, 15) is 14.4 Å². The summed E-state index contributed by atoms with van der Waals surface area (Å²) in [6, 6.07) is 13.9. The summed E-state index contributed by atoms with van der Waals surface area (Å²) in [4.78, 5) is 36.0. The highest BCUT2D eigenvalue weighted by Crippen LogP contribution is 2.12. The van der Waals surface area contributed by atoms with E-state index in [1.165, 1.54) is 6.26 Å². The molecule has 26 heavy (non-hydrogen) atoms. The number of nitrogens with one attached hydrogen (secondary N) is 2. The van der Waals surface area contributed by atoms with Crippen LogP contribution in [0.3, 0.4) is 0 Å². The standard InChI is InChI=1S/C19H15N3O4/c1-12-6-2-4-8-15(12)21-18(24)19(25)22-20-10-13-11-26-16-9-5-3-7-14(16)17(13)23/h2-11H,1H3,(H,21,24)(H,22,25). The lowest BCUT2D eigenvalue weighted by Crippen LogP contribution is -2.32. The Morgan fingerprint density at radius 2 is 1.77 bits per heavy atom. The van der Waals surface area contributed by atoms with Crippen LogP contribution in [0.15, 0.2) is 69.1 Å². The fourth-order valence-corrected chi connectivity index (χ4v) is 2.29. The summed E-state index contributed by atoms with van der Waals surface area (Å²) in [6.07, 6.45) is 2.38. The first-order chi connectivity index (χ1) is 12.6. The molecule has 0 bridgehead atoms. The number of benzene rings is 2. The molecule has 0 unspecified atom stereocenters. The van der Waals surface area contributed by atoms with Crippen LogP contribution < -0.4 is 16.2 Å². The molecule has 0 aliphatic rings. The average Bonchev–Trinajstić information content (AvgIpc) is 2.65. The number of hydrazone groups is 1. The van der Waals surface area contributed by atoms with Gasteiger partial charge in [0.05, 0.1) is 17.2 Å². The fourth-order valence-electron chi connectivity index (χ4n) is 2.29. The van der Waals surface area contributed by atoms with E-state index < -0.39 is 11.8 Å². The van der Waals surface area contributed by atoms with Crippen LogP contribution in [0.5, 0.6) is 0 Å². The number of aryl methyl sites for hydroxylation is 1. The Labute approximate surface area is 148 Å². The lowest BCUT2D eigenvalue weighted by molar-refractivity contribution is -0.136. The van der Waals surface area contributed by atoms with Gasteiger partial charge in [0.15, 0.2) is 0 Å². The predicted molar refractivity (Wildman–Crippen MR) is 98.0 cm³/mol. The quantitative estimate of drug-likeness (QED) is 0.430. The van der Waals surface area contributed by atoms with Gasteiger partial charge in [-0.15, -0.1) is 0 Å². The highest BCUT2D eigenvalue weighted by molar-refractivity contribution is 6.39. The van der Waals surface area contributed by atoms with E-state index in [-0.39, 0.29) is 11.0 Å². The van der Waals surface area contributed by atoms with Crippen LogP contribution in [0.1, 0.15) is 11.1 Å². The zero-order chi connectivity index (χ0) is 18.5. The third-order valence-corrected chi connectivity index (χ3v) is 3.68. The minimum absolute atomic E-state index is 0.156. The molecule has 3 aromatic rings. The van der Waals surface area contributed by atoms with Gasteiger partial charge in [-0.2, -0.15) is 5.10 Å². The van der Waals surface area contributed by atoms with Gasteiger partial charge in [0, 0.05) is 5.69 Å². The van der Waals surface area contributed by atoms with Crippen molar-refractivity contribution in [2.24, 2.45) is 5.10 Å². The lowest BCUT2D eigenvalue weighted by atomic mass is 10.2. The van der Waals surface area contributed by atoms with Gasteiger partial charge in [0.1, 0.15) is 11.8 Å². The molecule has 1 heterocycles. The van der Waals surface area contributed by atoms with Gasteiger partial charge in [-0.25, -0.2) is 5.43 Å². The van der Waals surface area contributed by atoms with E-state index in [0.717, 1.165) is 11.8 Å². The molecule has 0 atom stereocenters. The molecular weight excluding hydrogens is 334 g/mol. The first kappa shape index (κ1) is 17.1. The number of hydrogen-bond acceptors (Lipinski definition) is 5. The van der Waals surface area contributed by atoms with Crippen LogP contribution in [0.4, 0.5) is 5.69 Å². The highest BCUT2D eigenvalue weighted by Gasteiger charge is 2.13. The van der Waals surface area contributed by atoms with Crippen molar-refractivity contribution in [1.82, 2.24) is 5.43 Å². The Morgan fingerprint density at radius 3 is 2.58 bits per heavy atom. The molecule has 0 fully saturated rings. The number of carbonyl (C=O) groups is 2. The molecule has 130 valence electrons. The number of para-hydroxylation sites is 2. The molecule has 1 aromatic heterocycles. The topological polar surface area (TPSA) is 101 Å². The van der Waals surface area contributed by atoms with Gasteiger partial charge in [0.2, 0.25) is 5.43 Å².